The van der Waals surface area contributed by atoms with Gasteiger partial charge < -0.3 is 0 Å². The number of Topliss-reactive ketones (excluding diaryl/α,β-unsaturated/α-hetero) is 1. The zero-order valence-electron chi connectivity index (χ0n) is 7.71. The van der Waals surface area contributed by atoms with Gasteiger partial charge in [-0.05, 0) is 19.3 Å². The van der Waals surface area contributed by atoms with Crippen LogP contribution in [0.15, 0.2) is 0 Å². The van der Waals surface area contributed by atoms with Crippen molar-refractivity contribution in [2.75, 3.05) is 0 Å². The van der Waals surface area contributed by atoms with Gasteiger partial charge in [0.1, 0.15) is 0 Å². The summed E-state index contributed by atoms with van der Waals surface area (Å²) < 4.78 is 1.92. The predicted molar refractivity (Wildman–Crippen MR) is 47.8 cm³/mol. The summed E-state index contributed by atoms with van der Waals surface area (Å²) >= 11 is 0. The molecule has 3 rings (SSSR count). The summed E-state index contributed by atoms with van der Waals surface area (Å²) in [6.07, 6.45) is 4.01. The Balaban J connectivity index is 2.21. The van der Waals surface area contributed by atoms with Crippen molar-refractivity contribution in [3.8, 4) is 0 Å². The number of nitrogens with zero attached hydrogens (tertiary/aromatic N) is 2. The van der Waals surface area contributed by atoms with Crippen LogP contribution in [-0.4, -0.2) is 15.6 Å². The molecule has 1 saturated carbocycles. The van der Waals surface area contributed by atoms with E-state index in [-0.39, 0.29) is 0 Å². The zero-order chi connectivity index (χ0) is 9.00. The summed E-state index contributed by atoms with van der Waals surface area (Å²) in [5.41, 5.74) is 3.21. The van der Waals surface area contributed by atoms with Crippen LogP contribution in [0.4, 0.5) is 0 Å². The number of carbonyl (C=O) groups is 1. The van der Waals surface area contributed by atoms with Gasteiger partial charge in [0.25, 0.3) is 0 Å². The molecule has 1 aromatic heterocycles. The van der Waals surface area contributed by atoms with Crippen molar-refractivity contribution in [1.82, 2.24) is 9.78 Å². The highest BCUT2D eigenvalue weighted by atomic mass is 16.1. The van der Waals surface area contributed by atoms with Gasteiger partial charge in [0.05, 0.1) is 17.0 Å². The molecule has 0 atom stereocenters. The van der Waals surface area contributed by atoms with Crippen molar-refractivity contribution >= 4 is 5.78 Å². The van der Waals surface area contributed by atoms with E-state index in [0.717, 1.165) is 17.7 Å². The molecule has 0 aliphatic heterocycles. The Kier molecular flexibility index (Phi) is 1.25. The van der Waals surface area contributed by atoms with Crippen molar-refractivity contribution in [1.29, 1.82) is 0 Å². The van der Waals surface area contributed by atoms with Crippen LogP contribution in [-0.2, 0) is 13.5 Å². The third kappa shape index (κ3) is 0.900. The molecule has 3 heteroatoms. The van der Waals surface area contributed by atoms with E-state index in [4.69, 9.17) is 0 Å². The molecule has 3 nitrogen and oxygen atoms in total. The standard InChI is InChI=1S/C10H12N2O/c1-12-10(6-2-3-6)9-7(11-12)4-5-8(9)13/h6H,2-5H2,1H3. The van der Waals surface area contributed by atoms with E-state index in [1.54, 1.807) is 0 Å². The fourth-order valence-electron chi connectivity index (χ4n) is 2.26. The lowest BCUT2D eigenvalue weighted by Gasteiger charge is -2.00. The molecular formula is C10H12N2O. The minimum Gasteiger partial charge on any atom is -0.294 e. The Morgan fingerprint density at radius 1 is 1.38 bits per heavy atom. The van der Waals surface area contributed by atoms with Gasteiger partial charge in [-0.1, -0.05) is 0 Å². The van der Waals surface area contributed by atoms with Crippen LogP contribution in [0.3, 0.4) is 0 Å². The molecule has 1 heterocycles. The van der Waals surface area contributed by atoms with Crippen LogP contribution in [0.5, 0.6) is 0 Å². The van der Waals surface area contributed by atoms with Gasteiger partial charge in [-0.3, -0.25) is 9.48 Å². The fraction of sp³-hybridized carbons (Fsp3) is 0.600. The van der Waals surface area contributed by atoms with E-state index in [1.165, 1.54) is 18.5 Å². The first-order valence-electron chi connectivity index (χ1n) is 4.86. The summed E-state index contributed by atoms with van der Waals surface area (Å²) in [7, 11) is 1.96. The monoisotopic (exact) mass is 176 g/mol. The van der Waals surface area contributed by atoms with Crippen LogP contribution in [0.25, 0.3) is 0 Å². The van der Waals surface area contributed by atoms with Gasteiger partial charge in [0.2, 0.25) is 0 Å². The molecular weight excluding hydrogens is 164 g/mol. The summed E-state index contributed by atoms with van der Waals surface area (Å²) in [4.78, 5) is 11.6. The number of fused-ring (bicyclic) bond motifs is 1. The molecule has 0 radical (unpaired) electrons. The molecule has 13 heavy (non-hydrogen) atoms. The Morgan fingerprint density at radius 2 is 2.15 bits per heavy atom. The van der Waals surface area contributed by atoms with Crippen LogP contribution in [0.1, 0.15) is 46.9 Å². The van der Waals surface area contributed by atoms with E-state index >= 15 is 0 Å². The molecule has 0 bridgehead atoms. The summed E-state index contributed by atoms with van der Waals surface area (Å²) in [6.45, 7) is 0. The number of ketones is 1. The van der Waals surface area contributed by atoms with Crippen molar-refractivity contribution in [2.24, 2.45) is 7.05 Å². The van der Waals surface area contributed by atoms with E-state index in [2.05, 4.69) is 5.10 Å². The maximum absolute atomic E-state index is 11.6. The molecule has 68 valence electrons. The van der Waals surface area contributed by atoms with Crippen LogP contribution >= 0.6 is 0 Å². The van der Waals surface area contributed by atoms with E-state index in [0.29, 0.717) is 18.1 Å². The summed E-state index contributed by atoms with van der Waals surface area (Å²) in [5, 5.41) is 4.40. The number of rotatable bonds is 1. The lowest BCUT2D eigenvalue weighted by Crippen LogP contribution is -2.02. The molecule has 1 aromatic rings. The minimum absolute atomic E-state index is 0.310. The van der Waals surface area contributed by atoms with Crippen LogP contribution in [0.2, 0.25) is 0 Å². The Labute approximate surface area is 76.7 Å². The third-order valence-electron chi connectivity index (χ3n) is 3.00. The second kappa shape index (κ2) is 2.22. The smallest absolute Gasteiger partial charge is 0.167 e. The predicted octanol–water partition coefficient (Wildman–Crippen LogP) is 1.43. The molecule has 0 amide bonds. The molecule has 2 aliphatic carbocycles. The maximum atomic E-state index is 11.6. The lowest BCUT2D eigenvalue weighted by molar-refractivity contribution is 0.0993. The molecule has 1 fully saturated rings. The fourth-order valence-corrected chi connectivity index (χ4v) is 2.26. The van der Waals surface area contributed by atoms with Crippen molar-refractivity contribution in [3.05, 3.63) is 17.0 Å². The van der Waals surface area contributed by atoms with Gasteiger partial charge >= 0.3 is 0 Å². The second-order valence-electron chi connectivity index (χ2n) is 4.03. The minimum atomic E-state index is 0.310. The van der Waals surface area contributed by atoms with Gasteiger partial charge in [-0.25, -0.2) is 0 Å². The van der Waals surface area contributed by atoms with Crippen LogP contribution in [0, 0.1) is 0 Å². The molecule has 2 aliphatic rings. The Bertz CT molecular complexity index is 388. The maximum Gasteiger partial charge on any atom is 0.167 e. The largest absolute Gasteiger partial charge is 0.294 e. The van der Waals surface area contributed by atoms with E-state index in [9.17, 15) is 4.79 Å². The highest BCUT2D eigenvalue weighted by Crippen LogP contribution is 2.43. The summed E-state index contributed by atoms with van der Waals surface area (Å²) in [5.74, 6) is 0.938. The van der Waals surface area contributed by atoms with Crippen LogP contribution < -0.4 is 0 Å². The van der Waals surface area contributed by atoms with Gasteiger partial charge in [-0.15, -0.1) is 0 Å². The first-order valence-corrected chi connectivity index (χ1v) is 4.86. The quantitative estimate of drug-likeness (QED) is 0.648. The normalized spacial score (nSPS) is 20.8. The van der Waals surface area contributed by atoms with Gasteiger partial charge in [0, 0.05) is 19.4 Å². The van der Waals surface area contributed by atoms with Gasteiger partial charge in [-0.2, -0.15) is 5.10 Å². The van der Waals surface area contributed by atoms with Crippen molar-refractivity contribution in [2.45, 2.75) is 31.6 Å². The van der Waals surface area contributed by atoms with Gasteiger partial charge in [0.15, 0.2) is 5.78 Å². The van der Waals surface area contributed by atoms with E-state index < -0.39 is 0 Å². The average molecular weight is 176 g/mol. The molecule has 0 unspecified atom stereocenters. The highest BCUT2D eigenvalue weighted by Gasteiger charge is 2.36. The number of aromatic nitrogens is 2. The molecule has 0 aromatic carbocycles. The second-order valence-corrected chi connectivity index (χ2v) is 4.03. The number of aryl methyl sites for hydroxylation is 2. The van der Waals surface area contributed by atoms with Crippen molar-refractivity contribution < 1.29 is 4.79 Å². The van der Waals surface area contributed by atoms with E-state index in [1.807, 2.05) is 11.7 Å². The first-order chi connectivity index (χ1) is 6.27. The average Bonchev–Trinajstić information content (AvgIpc) is 2.79. The Hall–Kier alpha value is -1.12. The highest BCUT2D eigenvalue weighted by molar-refractivity contribution is 6.01. The topological polar surface area (TPSA) is 34.9 Å². The SMILES string of the molecule is Cn1nc2c(c1C1CC1)C(=O)CC2. The number of carbonyl (C=O) groups excluding carboxylic acids is 1. The molecule has 0 saturated heterocycles. The number of hydrogen-bond acceptors (Lipinski definition) is 2. The first kappa shape index (κ1) is 7.30. The third-order valence-corrected chi connectivity index (χ3v) is 3.00. The molecule has 0 N–H and O–H groups in total. The lowest BCUT2D eigenvalue weighted by atomic mass is 10.1. The summed E-state index contributed by atoms with van der Waals surface area (Å²) in [6, 6.07) is 0. The molecule has 0 spiro atoms. The Morgan fingerprint density at radius 3 is 2.85 bits per heavy atom. The number of hydrogen-bond donors (Lipinski definition) is 0. The zero-order valence-corrected chi connectivity index (χ0v) is 7.71. The van der Waals surface area contributed by atoms with Crippen molar-refractivity contribution in [3.63, 3.8) is 0 Å².